The minimum absolute atomic E-state index is 0.0157. The highest BCUT2D eigenvalue weighted by Crippen LogP contribution is 2.35. The molecule has 0 aromatic heterocycles. The number of ether oxygens (including phenoxy) is 3. The van der Waals surface area contributed by atoms with Crippen molar-refractivity contribution >= 4 is 10.0 Å². The molecule has 1 aliphatic heterocycles. The monoisotopic (exact) mass is 403 g/mol. The first kappa shape index (κ1) is 19.1. The number of sulfonamides is 1. The molecular formula is C21H25NO5S. The van der Waals surface area contributed by atoms with Crippen molar-refractivity contribution in [2.45, 2.75) is 50.1 Å². The Hall–Kier alpha value is -2.25. The molecule has 2 aromatic rings. The minimum atomic E-state index is -3.62. The molecule has 0 unspecified atom stereocenters. The maximum absolute atomic E-state index is 13.5. The van der Waals surface area contributed by atoms with Crippen molar-refractivity contribution in [3.8, 4) is 17.2 Å². The van der Waals surface area contributed by atoms with E-state index in [0.29, 0.717) is 35.3 Å². The van der Waals surface area contributed by atoms with E-state index in [1.165, 1.54) is 0 Å². The average molecular weight is 404 g/mol. The molecule has 28 heavy (non-hydrogen) atoms. The van der Waals surface area contributed by atoms with Gasteiger partial charge in [0.2, 0.25) is 16.8 Å². The molecule has 1 saturated carbocycles. The number of hydrogen-bond donors (Lipinski definition) is 0. The quantitative estimate of drug-likeness (QED) is 0.700. The molecule has 0 saturated heterocycles. The van der Waals surface area contributed by atoms with Gasteiger partial charge in [0.15, 0.2) is 11.5 Å². The van der Waals surface area contributed by atoms with Gasteiger partial charge in [0.1, 0.15) is 5.75 Å². The first-order chi connectivity index (χ1) is 13.6. The molecule has 1 aliphatic carbocycles. The maximum atomic E-state index is 13.5. The summed E-state index contributed by atoms with van der Waals surface area (Å²) in [5.74, 6) is 2.04. The fourth-order valence-corrected chi connectivity index (χ4v) is 5.50. The summed E-state index contributed by atoms with van der Waals surface area (Å²) in [5.41, 5.74) is 0.894. The van der Waals surface area contributed by atoms with Crippen LogP contribution in [-0.2, 0) is 16.6 Å². The number of rotatable bonds is 7. The number of nitrogens with zero attached hydrogens (tertiary/aromatic N) is 1. The Morgan fingerprint density at radius 2 is 1.75 bits per heavy atom. The summed E-state index contributed by atoms with van der Waals surface area (Å²) in [4.78, 5) is 0.295. The number of fused-ring (bicyclic) bond motifs is 1. The van der Waals surface area contributed by atoms with Crippen LogP contribution in [-0.4, -0.2) is 32.2 Å². The zero-order valence-electron chi connectivity index (χ0n) is 16.0. The second kappa shape index (κ2) is 8.01. The van der Waals surface area contributed by atoms with Crippen LogP contribution in [0.2, 0.25) is 0 Å². The summed E-state index contributed by atoms with van der Waals surface area (Å²) >= 11 is 0. The van der Waals surface area contributed by atoms with Gasteiger partial charge in [-0.2, -0.15) is 4.31 Å². The zero-order valence-corrected chi connectivity index (χ0v) is 16.8. The van der Waals surface area contributed by atoms with E-state index in [9.17, 15) is 8.42 Å². The third-order valence-corrected chi connectivity index (χ3v) is 7.16. The standard InChI is InChI=1S/C21H25NO5S/c1-2-25-18-8-10-19(11-9-18)28(23,24)22(17-5-3-4-6-17)14-16-7-12-20-21(13-16)27-15-26-20/h7-13,17H,2-6,14-15H2,1H3. The Morgan fingerprint density at radius 1 is 1.04 bits per heavy atom. The van der Waals surface area contributed by atoms with Gasteiger partial charge in [-0.25, -0.2) is 8.42 Å². The molecular weight excluding hydrogens is 378 g/mol. The van der Waals surface area contributed by atoms with Crippen molar-refractivity contribution in [2.75, 3.05) is 13.4 Å². The molecule has 0 spiro atoms. The van der Waals surface area contributed by atoms with E-state index < -0.39 is 10.0 Å². The Balaban J connectivity index is 1.63. The van der Waals surface area contributed by atoms with Crippen LogP contribution in [0.25, 0.3) is 0 Å². The SMILES string of the molecule is CCOc1ccc(S(=O)(=O)N(Cc2ccc3c(c2)OCO3)C2CCCC2)cc1. The van der Waals surface area contributed by atoms with Crippen LogP contribution in [0.15, 0.2) is 47.4 Å². The Morgan fingerprint density at radius 3 is 2.46 bits per heavy atom. The molecule has 4 rings (SSSR count). The second-order valence-corrected chi connectivity index (χ2v) is 8.97. The highest BCUT2D eigenvalue weighted by molar-refractivity contribution is 7.89. The van der Waals surface area contributed by atoms with Gasteiger partial charge < -0.3 is 14.2 Å². The summed E-state index contributed by atoms with van der Waals surface area (Å²) in [6.45, 7) is 2.97. The number of benzene rings is 2. The molecule has 6 nitrogen and oxygen atoms in total. The molecule has 2 aliphatic rings. The summed E-state index contributed by atoms with van der Waals surface area (Å²) in [6.07, 6.45) is 3.89. The van der Waals surface area contributed by atoms with Crippen molar-refractivity contribution in [1.29, 1.82) is 0 Å². The van der Waals surface area contributed by atoms with Crippen LogP contribution in [0.4, 0.5) is 0 Å². The highest BCUT2D eigenvalue weighted by Gasteiger charge is 2.33. The third kappa shape index (κ3) is 3.82. The fourth-order valence-electron chi connectivity index (χ4n) is 3.83. The van der Waals surface area contributed by atoms with Crippen LogP contribution >= 0.6 is 0 Å². The molecule has 0 radical (unpaired) electrons. The van der Waals surface area contributed by atoms with Crippen LogP contribution in [0.5, 0.6) is 17.2 Å². The minimum Gasteiger partial charge on any atom is -0.494 e. The van der Waals surface area contributed by atoms with Crippen LogP contribution in [0, 0.1) is 0 Å². The molecule has 0 N–H and O–H groups in total. The van der Waals surface area contributed by atoms with Crippen molar-refractivity contribution in [2.24, 2.45) is 0 Å². The van der Waals surface area contributed by atoms with E-state index in [2.05, 4.69) is 0 Å². The molecule has 0 bridgehead atoms. The van der Waals surface area contributed by atoms with Gasteiger partial charge in [0.05, 0.1) is 11.5 Å². The lowest BCUT2D eigenvalue weighted by molar-refractivity contribution is 0.174. The van der Waals surface area contributed by atoms with Crippen molar-refractivity contribution in [3.63, 3.8) is 0 Å². The van der Waals surface area contributed by atoms with E-state index in [-0.39, 0.29) is 12.8 Å². The average Bonchev–Trinajstić information content (AvgIpc) is 3.38. The summed E-state index contributed by atoms with van der Waals surface area (Å²) in [6, 6.07) is 12.3. The molecule has 1 heterocycles. The summed E-state index contributed by atoms with van der Waals surface area (Å²) in [7, 11) is -3.62. The van der Waals surface area contributed by atoms with E-state index in [0.717, 1.165) is 31.2 Å². The van der Waals surface area contributed by atoms with Crippen molar-refractivity contribution in [3.05, 3.63) is 48.0 Å². The highest BCUT2D eigenvalue weighted by atomic mass is 32.2. The predicted octanol–water partition coefficient (Wildman–Crippen LogP) is 3.95. The van der Waals surface area contributed by atoms with Gasteiger partial charge >= 0.3 is 0 Å². The van der Waals surface area contributed by atoms with Gasteiger partial charge in [-0.05, 0) is 61.7 Å². The summed E-state index contributed by atoms with van der Waals surface area (Å²) < 4.78 is 44.8. The predicted molar refractivity (Wildman–Crippen MR) is 105 cm³/mol. The Bertz CT molecular complexity index is 920. The topological polar surface area (TPSA) is 65.1 Å². The summed E-state index contributed by atoms with van der Waals surface area (Å²) in [5, 5.41) is 0. The smallest absolute Gasteiger partial charge is 0.243 e. The first-order valence-electron chi connectivity index (χ1n) is 9.71. The molecule has 1 fully saturated rings. The molecule has 0 atom stereocenters. The van der Waals surface area contributed by atoms with E-state index in [1.54, 1.807) is 28.6 Å². The van der Waals surface area contributed by atoms with Gasteiger partial charge in [-0.3, -0.25) is 0 Å². The van der Waals surface area contributed by atoms with Gasteiger partial charge in [0.25, 0.3) is 0 Å². The van der Waals surface area contributed by atoms with Crippen molar-refractivity contribution in [1.82, 2.24) is 4.31 Å². The van der Waals surface area contributed by atoms with E-state index in [4.69, 9.17) is 14.2 Å². The zero-order chi connectivity index (χ0) is 19.6. The van der Waals surface area contributed by atoms with Crippen LogP contribution in [0.3, 0.4) is 0 Å². The third-order valence-electron chi connectivity index (χ3n) is 5.25. The molecule has 2 aromatic carbocycles. The number of hydrogen-bond acceptors (Lipinski definition) is 5. The van der Waals surface area contributed by atoms with Crippen LogP contribution in [0.1, 0.15) is 38.2 Å². The maximum Gasteiger partial charge on any atom is 0.243 e. The fraction of sp³-hybridized carbons (Fsp3) is 0.429. The Kier molecular flexibility index (Phi) is 5.46. The molecule has 0 amide bonds. The molecule has 7 heteroatoms. The van der Waals surface area contributed by atoms with Gasteiger partial charge in [0, 0.05) is 12.6 Å². The first-order valence-corrected chi connectivity index (χ1v) is 11.1. The second-order valence-electron chi connectivity index (χ2n) is 7.08. The van der Waals surface area contributed by atoms with Crippen LogP contribution < -0.4 is 14.2 Å². The molecule has 150 valence electrons. The Labute approximate surface area is 166 Å². The van der Waals surface area contributed by atoms with Gasteiger partial charge in [-0.1, -0.05) is 18.9 Å². The largest absolute Gasteiger partial charge is 0.494 e. The van der Waals surface area contributed by atoms with Crippen molar-refractivity contribution < 1.29 is 22.6 Å². The van der Waals surface area contributed by atoms with E-state index in [1.807, 2.05) is 25.1 Å². The van der Waals surface area contributed by atoms with Gasteiger partial charge in [-0.15, -0.1) is 0 Å². The normalized spacial score (nSPS) is 16.6. The lowest BCUT2D eigenvalue weighted by Crippen LogP contribution is -2.38. The lowest BCUT2D eigenvalue weighted by atomic mass is 10.1. The lowest BCUT2D eigenvalue weighted by Gasteiger charge is -2.28. The van der Waals surface area contributed by atoms with E-state index >= 15 is 0 Å².